The molecule has 1 unspecified atom stereocenters. The summed E-state index contributed by atoms with van der Waals surface area (Å²) in [5.74, 6) is 0.340. The number of alkyl halides is 2. The van der Waals surface area contributed by atoms with E-state index in [2.05, 4.69) is 45.6 Å². The Hall–Kier alpha value is -2.99. The van der Waals surface area contributed by atoms with Gasteiger partial charge >= 0.3 is 0 Å². The van der Waals surface area contributed by atoms with E-state index in [1.54, 1.807) is 31.7 Å². The number of ether oxygens (including phenoxy) is 1. The van der Waals surface area contributed by atoms with E-state index in [0.717, 1.165) is 20.9 Å². The highest BCUT2D eigenvalue weighted by molar-refractivity contribution is 9.10. The summed E-state index contributed by atoms with van der Waals surface area (Å²) in [5.41, 5.74) is 3.04. The Morgan fingerprint density at radius 3 is 2.79 bits per heavy atom. The summed E-state index contributed by atoms with van der Waals surface area (Å²) in [6.45, 7) is 2.71. The van der Waals surface area contributed by atoms with Gasteiger partial charge < -0.3 is 9.72 Å². The van der Waals surface area contributed by atoms with Crippen molar-refractivity contribution in [2.24, 2.45) is 0 Å². The molecule has 172 valence electrons. The summed E-state index contributed by atoms with van der Waals surface area (Å²) < 4.78 is 47.1. The smallest absolute Gasteiger partial charge is 0.272 e. The molecule has 0 amide bonds. The number of aryl methyl sites for hydroxylation is 2. The van der Waals surface area contributed by atoms with Crippen LogP contribution in [-0.4, -0.2) is 42.2 Å². The van der Waals surface area contributed by atoms with Gasteiger partial charge in [0.2, 0.25) is 5.95 Å². The van der Waals surface area contributed by atoms with Crippen LogP contribution in [0.5, 0.6) is 5.75 Å². The summed E-state index contributed by atoms with van der Waals surface area (Å²) in [4.78, 5) is 20.7. The number of halogens is 3. The van der Waals surface area contributed by atoms with Gasteiger partial charge in [-0.25, -0.2) is 23.0 Å². The Morgan fingerprint density at radius 2 is 2.09 bits per heavy atom. The van der Waals surface area contributed by atoms with Gasteiger partial charge in [-0.05, 0) is 19.4 Å². The average Bonchev–Trinajstić information content (AvgIpc) is 3.22. The molecule has 0 aliphatic rings. The first-order valence-electron chi connectivity index (χ1n) is 9.91. The molecule has 4 aromatic rings. The van der Waals surface area contributed by atoms with Gasteiger partial charge in [-0.2, -0.15) is 0 Å². The van der Waals surface area contributed by atoms with Crippen LogP contribution in [0.25, 0.3) is 22.2 Å². The number of anilines is 1. The van der Waals surface area contributed by atoms with Crippen molar-refractivity contribution in [3.8, 4) is 17.0 Å². The zero-order chi connectivity index (χ0) is 23.5. The molecule has 2 N–H and O–H groups in total. The monoisotopic (exact) mass is 536 g/mol. The third kappa shape index (κ3) is 4.86. The molecule has 8 nitrogen and oxygen atoms in total. The molecule has 4 rings (SSSR count). The van der Waals surface area contributed by atoms with E-state index in [9.17, 15) is 13.0 Å². The molecular weight excluding hydrogens is 518 g/mol. The summed E-state index contributed by atoms with van der Waals surface area (Å²) >= 11 is 3.55. The highest BCUT2D eigenvalue weighted by Gasteiger charge is 2.19. The summed E-state index contributed by atoms with van der Waals surface area (Å²) in [5, 5.41) is 0.731. The van der Waals surface area contributed by atoms with Gasteiger partial charge in [0.25, 0.3) is 6.43 Å². The van der Waals surface area contributed by atoms with Gasteiger partial charge in [0, 0.05) is 34.0 Å². The number of aromatic nitrogens is 5. The van der Waals surface area contributed by atoms with Crippen molar-refractivity contribution in [2.45, 2.75) is 31.6 Å². The molecule has 33 heavy (non-hydrogen) atoms. The van der Waals surface area contributed by atoms with Gasteiger partial charge in [0.1, 0.15) is 6.61 Å². The molecule has 0 saturated carbocycles. The first kappa shape index (κ1) is 23.2. The maximum absolute atomic E-state index is 13.2. The average molecular weight is 537 g/mol. The lowest BCUT2D eigenvalue weighted by Gasteiger charge is -2.14. The van der Waals surface area contributed by atoms with Gasteiger partial charge in [-0.15, -0.1) is 0 Å². The molecule has 3 aromatic heterocycles. The van der Waals surface area contributed by atoms with Gasteiger partial charge in [-0.1, -0.05) is 28.9 Å². The summed E-state index contributed by atoms with van der Waals surface area (Å²) in [6, 6.07) is 3.70. The highest BCUT2D eigenvalue weighted by atomic mass is 79.9. The number of nitrogens with zero attached hydrogens (tertiary/aromatic N) is 4. The third-order valence-electron chi connectivity index (χ3n) is 4.76. The van der Waals surface area contributed by atoms with Crippen molar-refractivity contribution in [3.05, 3.63) is 52.8 Å². The van der Waals surface area contributed by atoms with Gasteiger partial charge in [-0.3, -0.25) is 14.7 Å². The maximum atomic E-state index is 13.2. The summed E-state index contributed by atoms with van der Waals surface area (Å²) in [6.07, 6.45) is 4.32. The van der Waals surface area contributed by atoms with Crippen LogP contribution in [0.3, 0.4) is 0 Å². The minimum absolute atomic E-state index is 0.118. The van der Waals surface area contributed by atoms with Crippen LogP contribution in [0, 0.1) is 6.92 Å². The number of hydrogen-bond acceptors (Lipinski definition) is 6. The SMILES string of the molecule is CCc1nc(NS(=O)c2c[nH]c3c(-c4cnccn4)c(Br)ccc23)nc(C)c1OCC(F)F. The molecule has 0 bridgehead atoms. The minimum Gasteiger partial charge on any atom is -0.484 e. The Bertz CT molecular complexity index is 1320. The number of rotatable bonds is 8. The normalized spacial score (nSPS) is 12.3. The maximum Gasteiger partial charge on any atom is 0.272 e. The topological polar surface area (TPSA) is 106 Å². The highest BCUT2D eigenvalue weighted by Crippen LogP contribution is 2.36. The van der Waals surface area contributed by atoms with E-state index in [-0.39, 0.29) is 11.7 Å². The van der Waals surface area contributed by atoms with Crippen LogP contribution in [-0.2, 0) is 17.4 Å². The van der Waals surface area contributed by atoms with E-state index >= 15 is 0 Å². The second-order valence-corrected chi connectivity index (χ2v) is 8.96. The predicted molar refractivity (Wildman–Crippen MR) is 125 cm³/mol. The number of hydrogen-bond donors (Lipinski definition) is 2. The van der Waals surface area contributed by atoms with Crippen LogP contribution in [0.1, 0.15) is 18.3 Å². The molecule has 1 atom stereocenters. The lowest BCUT2D eigenvalue weighted by atomic mass is 10.1. The number of aromatic amines is 1. The lowest BCUT2D eigenvalue weighted by Crippen LogP contribution is -2.14. The minimum atomic E-state index is -2.60. The predicted octanol–water partition coefficient (Wildman–Crippen LogP) is 4.83. The van der Waals surface area contributed by atoms with Crippen molar-refractivity contribution in [3.63, 3.8) is 0 Å². The molecule has 0 aliphatic carbocycles. The van der Waals surface area contributed by atoms with Crippen molar-refractivity contribution in [2.75, 3.05) is 11.3 Å². The first-order valence-corrected chi connectivity index (χ1v) is 11.9. The van der Waals surface area contributed by atoms with Crippen molar-refractivity contribution in [1.82, 2.24) is 24.9 Å². The molecular formula is C21H19BrF2N6O2S. The fourth-order valence-electron chi connectivity index (χ4n) is 3.36. The Balaban J connectivity index is 1.66. The standard InChI is InChI=1S/C21H19BrF2N6O2S/c1-3-14-20(32-10-17(23)24)11(2)28-21(29-14)30-33(31)16-9-27-19-12(16)4-5-13(22)18(19)15-8-25-6-7-26-15/h4-9,17,27H,3,10H2,1-2H3,(H,28,29,30). The van der Waals surface area contributed by atoms with Gasteiger partial charge in [0.05, 0.1) is 33.7 Å². The first-order chi connectivity index (χ1) is 15.9. The van der Waals surface area contributed by atoms with Gasteiger partial charge in [0.15, 0.2) is 16.7 Å². The Labute approximate surface area is 199 Å². The van der Waals surface area contributed by atoms with E-state index in [1.807, 2.05) is 19.1 Å². The van der Waals surface area contributed by atoms with Crippen LogP contribution >= 0.6 is 15.9 Å². The molecule has 0 fully saturated rings. The van der Waals surface area contributed by atoms with Crippen LogP contribution < -0.4 is 9.46 Å². The van der Waals surface area contributed by atoms with Crippen LogP contribution in [0.4, 0.5) is 14.7 Å². The van der Waals surface area contributed by atoms with Crippen molar-refractivity contribution >= 4 is 43.8 Å². The Kier molecular flexibility index (Phi) is 6.94. The zero-order valence-corrected chi connectivity index (χ0v) is 20.0. The van der Waals surface area contributed by atoms with E-state index in [1.165, 1.54) is 0 Å². The molecule has 1 aromatic carbocycles. The number of nitrogens with one attached hydrogen (secondary N) is 2. The van der Waals surface area contributed by atoms with E-state index < -0.39 is 24.0 Å². The van der Waals surface area contributed by atoms with Crippen LogP contribution in [0.15, 0.2) is 46.3 Å². The lowest BCUT2D eigenvalue weighted by molar-refractivity contribution is 0.0806. The molecule has 0 aliphatic heterocycles. The molecule has 0 saturated heterocycles. The molecule has 0 spiro atoms. The third-order valence-corrected chi connectivity index (χ3v) is 6.53. The molecule has 12 heteroatoms. The molecule has 3 heterocycles. The Morgan fingerprint density at radius 1 is 1.27 bits per heavy atom. The van der Waals surface area contributed by atoms with Crippen LogP contribution in [0.2, 0.25) is 0 Å². The molecule has 0 radical (unpaired) electrons. The van der Waals surface area contributed by atoms with E-state index in [4.69, 9.17) is 4.74 Å². The fourth-order valence-corrected chi connectivity index (χ4v) is 4.80. The van der Waals surface area contributed by atoms with Crippen molar-refractivity contribution in [1.29, 1.82) is 0 Å². The second kappa shape index (κ2) is 9.87. The number of benzene rings is 1. The van der Waals surface area contributed by atoms with E-state index in [0.29, 0.717) is 28.4 Å². The second-order valence-electron chi connectivity index (χ2n) is 6.92. The number of H-pyrrole nitrogens is 1. The largest absolute Gasteiger partial charge is 0.484 e. The fraction of sp³-hybridized carbons (Fsp3) is 0.238. The zero-order valence-electron chi connectivity index (χ0n) is 17.6. The number of fused-ring (bicyclic) bond motifs is 1. The van der Waals surface area contributed by atoms with Crippen molar-refractivity contribution < 1.29 is 17.7 Å². The summed E-state index contributed by atoms with van der Waals surface area (Å²) in [7, 11) is -1.70. The quantitative estimate of drug-likeness (QED) is 0.334.